The Bertz CT molecular complexity index is 588. The van der Waals surface area contributed by atoms with Gasteiger partial charge in [-0.1, -0.05) is 25.4 Å². The third-order valence-electron chi connectivity index (χ3n) is 2.63. The van der Waals surface area contributed by atoms with Crippen LogP contribution in [0, 0.1) is 0 Å². The Kier molecular flexibility index (Phi) is 5.91. The SMILES string of the molecule is CNS(=O)(=O)CCNC(=O)c1cc(Cl)nc(C(C)C)c1. The van der Waals surface area contributed by atoms with Gasteiger partial charge in [0.1, 0.15) is 5.15 Å². The van der Waals surface area contributed by atoms with Crippen molar-refractivity contribution in [3.05, 3.63) is 28.5 Å². The zero-order valence-corrected chi connectivity index (χ0v) is 13.2. The van der Waals surface area contributed by atoms with E-state index in [4.69, 9.17) is 11.6 Å². The zero-order valence-electron chi connectivity index (χ0n) is 11.6. The number of pyridine rings is 1. The van der Waals surface area contributed by atoms with E-state index < -0.39 is 10.0 Å². The molecule has 0 saturated heterocycles. The Morgan fingerprint density at radius 3 is 2.60 bits per heavy atom. The van der Waals surface area contributed by atoms with Crippen LogP contribution >= 0.6 is 11.6 Å². The second-order valence-corrected chi connectivity index (χ2v) is 6.97. The molecule has 0 aliphatic rings. The van der Waals surface area contributed by atoms with Crippen LogP contribution in [-0.2, 0) is 10.0 Å². The van der Waals surface area contributed by atoms with Gasteiger partial charge in [0.15, 0.2) is 0 Å². The average molecular weight is 320 g/mol. The molecule has 112 valence electrons. The van der Waals surface area contributed by atoms with Crippen molar-refractivity contribution in [3.8, 4) is 0 Å². The van der Waals surface area contributed by atoms with Crippen molar-refractivity contribution in [1.82, 2.24) is 15.0 Å². The summed E-state index contributed by atoms with van der Waals surface area (Å²) in [5.74, 6) is -0.405. The van der Waals surface area contributed by atoms with Crippen LogP contribution < -0.4 is 10.0 Å². The van der Waals surface area contributed by atoms with Crippen LogP contribution in [-0.4, -0.2) is 38.7 Å². The summed E-state index contributed by atoms with van der Waals surface area (Å²) in [7, 11) is -2.00. The minimum atomic E-state index is -3.33. The first-order valence-electron chi connectivity index (χ1n) is 6.12. The van der Waals surface area contributed by atoms with Gasteiger partial charge in [0.2, 0.25) is 10.0 Å². The number of nitrogens with one attached hydrogen (secondary N) is 2. The van der Waals surface area contributed by atoms with E-state index in [9.17, 15) is 13.2 Å². The van der Waals surface area contributed by atoms with Crippen LogP contribution in [0.2, 0.25) is 5.15 Å². The average Bonchev–Trinajstić information content (AvgIpc) is 2.37. The van der Waals surface area contributed by atoms with Gasteiger partial charge in [-0.2, -0.15) is 0 Å². The van der Waals surface area contributed by atoms with Gasteiger partial charge in [-0.3, -0.25) is 4.79 Å². The van der Waals surface area contributed by atoms with E-state index in [0.717, 1.165) is 0 Å². The van der Waals surface area contributed by atoms with Crippen LogP contribution in [0.4, 0.5) is 0 Å². The predicted octanol–water partition coefficient (Wildman–Crippen LogP) is 1.14. The smallest absolute Gasteiger partial charge is 0.251 e. The van der Waals surface area contributed by atoms with Crippen molar-refractivity contribution >= 4 is 27.5 Å². The van der Waals surface area contributed by atoms with Crippen LogP contribution in [0.1, 0.15) is 35.8 Å². The van der Waals surface area contributed by atoms with E-state index in [-0.39, 0.29) is 29.3 Å². The molecule has 0 aromatic carbocycles. The molecule has 0 atom stereocenters. The molecule has 0 radical (unpaired) electrons. The fraction of sp³-hybridized carbons (Fsp3) is 0.500. The summed E-state index contributed by atoms with van der Waals surface area (Å²) in [6, 6.07) is 3.10. The lowest BCUT2D eigenvalue weighted by atomic mass is 10.1. The second kappa shape index (κ2) is 7.01. The van der Waals surface area contributed by atoms with Gasteiger partial charge in [0, 0.05) is 17.8 Å². The van der Waals surface area contributed by atoms with Crippen molar-refractivity contribution in [1.29, 1.82) is 0 Å². The third kappa shape index (κ3) is 5.07. The van der Waals surface area contributed by atoms with Gasteiger partial charge >= 0.3 is 0 Å². The summed E-state index contributed by atoms with van der Waals surface area (Å²) in [4.78, 5) is 16.1. The van der Waals surface area contributed by atoms with E-state index in [0.29, 0.717) is 11.3 Å². The molecule has 1 amide bonds. The summed E-state index contributed by atoms with van der Waals surface area (Å²) in [6.45, 7) is 3.92. The van der Waals surface area contributed by atoms with E-state index in [1.165, 1.54) is 13.1 Å². The lowest BCUT2D eigenvalue weighted by Crippen LogP contribution is -2.33. The zero-order chi connectivity index (χ0) is 15.3. The van der Waals surface area contributed by atoms with E-state index in [1.807, 2.05) is 13.8 Å². The standard InChI is InChI=1S/C12H18ClN3O3S/c1-8(2)10-6-9(7-11(13)16-10)12(17)15-4-5-20(18,19)14-3/h6-8,14H,4-5H2,1-3H3,(H,15,17). The summed E-state index contributed by atoms with van der Waals surface area (Å²) in [5.41, 5.74) is 1.08. The third-order valence-corrected chi connectivity index (χ3v) is 4.19. The highest BCUT2D eigenvalue weighted by molar-refractivity contribution is 7.89. The minimum absolute atomic E-state index is 0.0267. The molecular formula is C12H18ClN3O3S. The fourth-order valence-corrected chi connectivity index (χ4v) is 2.24. The Balaban J connectivity index is 2.73. The molecule has 1 heterocycles. The lowest BCUT2D eigenvalue weighted by molar-refractivity contribution is 0.0956. The van der Waals surface area contributed by atoms with Gasteiger partial charge in [0.25, 0.3) is 5.91 Å². The number of carbonyl (C=O) groups is 1. The number of hydrogen-bond acceptors (Lipinski definition) is 4. The molecule has 6 nitrogen and oxygen atoms in total. The molecule has 1 aromatic heterocycles. The highest BCUT2D eigenvalue weighted by Crippen LogP contribution is 2.17. The first-order chi connectivity index (χ1) is 9.25. The van der Waals surface area contributed by atoms with Gasteiger partial charge in [-0.25, -0.2) is 18.1 Å². The summed E-state index contributed by atoms with van der Waals surface area (Å²) in [5, 5.41) is 2.78. The molecule has 0 spiro atoms. The minimum Gasteiger partial charge on any atom is -0.351 e. The Morgan fingerprint density at radius 1 is 1.40 bits per heavy atom. The Labute approximate surface area is 124 Å². The molecule has 1 aromatic rings. The number of amides is 1. The maximum atomic E-state index is 11.9. The number of sulfonamides is 1. The van der Waals surface area contributed by atoms with E-state index in [2.05, 4.69) is 15.0 Å². The van der Waals surface area contributed by atoms with Crippen LogP contribution in [0.15, 0.2) is 12.1 Å². The van der Waals surface area contributed by atoms with Crippen molar-refractivity contribution in [2.45, 2.75) is 19.8 Å². The molecule has 0 bridgehead atoms. The van der Waals surface area contributed by atoms with E-state index in [1.54, 1.807) is 6.07 Å². The van der Waals surface area contributed by atoms with Crippen molar-refractivity contribution in [3.63, 3.8) is 0 Å². The molecule has 1 rings (SSSR count). The fourth-order valence-electron chi connectivity index (χ4n) is 1.45. The number of halogens is 1. The number of aromatic nitrogens is 1. The van der Waals surface area contributed by atoms with Crippen molar-refractivity contribution in [2.24, 2.45) is 0 Å². The van der Waals surface area contributed by atoms with Crippen LogP contribution in [0.5, 0.6) is 0 Å². The highest BCUT2D eigenvalue weighted by Gasteiger charge is 2.12. The normalized spacial score (nSPS) is 11.7. The molecule has 0 unspecified atom stereocenters. The maximum Gasteiger partial charge on any atom is 0.251 e. The summed E-state index contributed by atoms with van der Waals surface area (Å²) in [6.07, 6.45) is 0. The highest BCUT2D eigenvalue weighted by atomic mass is 35.5. The quantitative estimate of drug-likeness (QED) is 0.770. The first kappa shape index (κ1) is 16.9. The van der Waals surface area contributed by atoms with Gasteiger partial charge in [0.05, 0.1) is 5.75 Å². The molecule has 8 heteroatoms. The maximum absolute atomic E-state index is 11.9. The Hall–Kier alpha value is -1.18. The number of carbonyl (C=O) groups excluding carboxylic acids is 1. The topological polar surface area (TPSA) is 88.2 Å². The van der Waals surface area contributed by atoms with Crippen LogP contribution in [0.25, 0.3) is 0 Å². The van der Waals surface area contributed by atoms with Crippen LogP contribution in [0.3, 0.4) is 0 Å². The largest absolute Gasteiger partial charge is 0.351 e. The lowest BCUT2D eigenvalue weighted by Gasteiger charge is -2.09. The van der Waals surface area contributed by atoms with Gasteiger partial charge in [-0.15, -0.1) is 0 Å². The number of hydrogen-bond donors (Lipinski definition) is 2. The van der Waals surface area contributed by atoms with Gasteiger partial charge in [-0.05, 0) is 25.1 Å². The molecule has 0 aliphatic heterocycles. The first-order valence-corrected chi connectivity index (χ1v) is 8.15. The molecule has 2 N–H and O–H groups in total. The molecule has 0 aliphatic carbocycles. The molecule has 0 fully saturated rings. The second-order valence-electron chi connectivity index (χ2n) is 4.54. The molecule has 20 heavy (non-hydrogen) atoms. The van der Waals surface area contributed by atoms with E-state index >= 15 is 0 Å². The van der Waals surface area contributed by atoms with Gasteiger partial charge < -0.3 is 5.32 Å². The molecule has 0 saturated carbocycles. The number of nitrogens with zero attached hydrogens (tertiary/aromatic N) is 1. The predicted molar refractivity (Wildman–Crippen MR) is 78.5 cm³/mol. The number of rotatable bonds is 6. The van der Waals surface area contributed by atoms with Crippen molar-refractivity contribution in [2.75, 3.05) is 19.3 Å². The Morgan fingerprint density at radius 2 is 2.05 bits per heavy atom. The van der Waals surface area contributed by atoms with Crippen molar-refractivity contribution < 1.29 is 13.2 Å². The molecular weight excluding hydrogens is 302 g/mol. The monoisotopic (exact) mass is 319 g/mol. The summed E-state index contributed by atoms with van der Waals surface area (Å²) < 4.78 is 24.6. The summed E-state index contributed by atoms with van der Waals surface area (Å²) >= 11 is 5.87.